The van der Waals surface area contributed by atoms with Crippen LogP contribution in [-0.4, -0.2) is 35.3 Å². The van der Waals surface area contributed by atoms with E-state index in [4.69, 9.17) is 9.47 Å². The van der Waals surface area contributed by atoms with Gasteiger partial charge >= 0.3 is 0 Å². The van der Waals surface area contributed by atoms with Crippen molar-refractivity contribution >= 4 is 5.82 Å². The number of benzene rings is 1. The molecule has 0 atom stereocenters. The maximum Gasteiger partial charge on any atom is 0.258 e. The molecule has 0 amide bonds. The average Bonchev–Trinajstić information content (AvgIpc) is 2.64. The quantitative estimate of drug-likeness (QED) is 0.729. The number of nitrogens with zero attached hydrogens (tertiary/aromatic N) is 3. The first kappa shape index (κ1) is 20.5. The van der Waals surface area contributed by atoms with Crippen molar-refractivity contribution in [3.8, 4) is 5.88 Å². The summed E-state index contributed by atoms with van der Waals surface area (Å²) < 4.78 is 25.5. The van der Waals surface area contributed by atoms with E-state index >= 15 is 0 Å². The number of hydrogen-bond donors (Lipinski definition) is 0. The normalized spacial score (nSPS) is 15.7. The van der Waals surface area contributed by atoms with Gasteiger partial charge in [-0.15, -0.1) is 0 Å². The lowest BCUT2D eigenvalue weighted by Gasteiger charge is -2.34. The van der Waals surface area contributed by atoms with Crippen LogP contribution >= 0.6 is 0 Å². The highest BCUT2D eigenvalue weighted by molar-refractivity contribution is 5.49. The van der Waals surface area contributed by atoms with Gasteiger partial charge in [0, 0.05) is 25.3 Å². The maximum atomic E-state index is 13.7. The lowest BCUT2D eigenvalue weighted by atomic mass is 9.98. The minimum atomic E-state index is -0.322. The highest BCUT2D eigenvalue weighted by atomic mass is 19.1. The highest BCUT2D eigenvalue weighted by Gasteiger charge is 2.25. The molecule has 1 fully saturated rings. The van der Waals surface area contributed by atoms with Crippen molar-refractivity contribution in [1.29, 1.82) is 0 Å². The SMILES string of the molecule is Cc1cnc(OC(C)(C)C)c(N2CCC(COCc3ccccc3F)CC2)n1. The highest BCUT2D eigenvalue weighted by Crippen LogP contribution is 2.30. The lowest BCUT2D eigenvalue weighted by Crippen LogP contribution is -2.36. The summed E-state index contributed by atoms with van der Waals surface area (Å²) in [6.45, 7) is 10.7. The van der Waals surface area contributed by atoms with Crippen LogP contribution in [0.3, 0.4) is 0 Å². The number of rotatable bonds is 6. The van der Waals surface area contributed by atoms with Crippen LogP contribution < -0.4 is 9.64 Å². The second-order valence-corrected chi connectivity index (χ2v) is 8.39. The van der Waals surface area contributed by atoms with Gasteiger partial charge in [0.15, 0.2) is 5.82 Å². The predicted molar refractivity (Wildman–Crippen MR) is 108 cm³/mol. The number of ether oxygens (including phenoxy) is 2. The molecule has 2 aromatic rings. The number of anilines is 1. The minimum absolute atomic E-state index is 0.207. The molecule has 0 unspecified atom stereocenters. The number of halogens is 1. The minimum Gasteiger partial charge on any atom is -0.469 e. The van der Waals surface area contributed by atoms with Gasteiger partial charge < -0.3 is 14.4 Å². The van der Waals surface area contributed by atoms with Crippen molar-refractivity contribution in [2.45, 2.75) is 52.7 Å². The monoisotopic (exact) mass is 387 g/mol. The first-order valence-corrected chi connectivity index (χ1v) is 9.90. The standard InChI is InChI=1S/C22H30FN3O2/c1-16-13-24-21(28-22(2,3)4)20(25-16)26-11-9-17(10-12-26)14-27-15-18-7-5-6-8-19(18)23/h5-8,13,17H,9-12,14-15H2,1-4H3. The molecule has 1 aliphatic rings. The molecular formula is C22H30FN3O2. The fourth-order valence-electron chi connectivity index (χ4n) is 3.28. The molecule has 0 spiro atoms. The number of hydrogen-bond acceptors (Lipinski definition) is 5. The Morgan fingerprint density at radius 1 is 1.18 bits per heavy atom. The molecule has 0 radical (unpaired) electrons. The smallest absolute Gasteiger partial charge is 0.258 e. The molecular weight excluding hydrogens is 357 g/mol. The Kier molecular flexibility index (Phi) is 6.50. The van der Waals surface area contributed by atoms with Crippen LogP contribution in [0.15, 0.2) is 30.5 Å². The van der Waals surface area contributed by atoms with E-state index in [1.807, 2.05) is 33.8 Å². The van der Waals surface area contributed by atoms with Gasteiger partial charge in [0.2, 0.25) is 0 Å². The van der Waals surface area contributed by atoms with Crippen molar-refractivity contribution in [3.05, 3.63) is 47.5 Å². The van der Waals surface area contributed by atoms with Gasteiger partial charge in [0.25, 0.3) is 5.88 Å². The zero-order chi connectivity index (χ0) is 20.1. The molecule has 3 rings (SSSR count). The Balaban J connectivity index is 1.54. The largest absolute Gasteiger partial charge is 0.469 e. The van der Waals surface area contributed by atoms with Gasteiger partial charge in [-0.25, -0.2) is 14.4 Å². The Morgan fingerprint density at radius 3 is 2.57 bits per heavy atom. The van der Waals surface area contributed by atoms with Crippen molar-refractivity contribution in [2.24, 2.45) is 5.92 Å². The maximum absolute atomic E-state index is 13.7. The molecule has 1 aliphatic heterocycles. The molecule has 6 heteroatoms. The predicted octanol–water partition coefficient (Wildman–Crippen LogP) is 4.53. The first-order chi connectivity index (χ1) is 13.3. The third-order valence-corrected chi connectivity index (χ3v) is 4.73. The fourth-order valence-corrected chi connectivity index (χ4v) is 3.28. The topological polar surface area (TPSA) is 47.5 Å². The van der Waals surface area contributed by atoms with Crippen molar-refractivity contribution in [2.75, 3.05) is 24.6 Å². The van der Waals surface area contributed by atoms with Crippen LogP contribution in [0.5, 0.6) is 5.88 Å². The third-order valence-electron chi connectivity index (χ3n) is 4.73. The molecule has 5 nitrogen and oxygen atoms in total. The number of piperidine rings is 1. The first-order valence-electron chi connectivity index (χ1n) is 9.90. The number of aryl methyl sites for hydroxylation is 1. The Morgan fingerprint density at radius 2 is 1.89 bits per heavy atom. The van der Waals surface area contributed by atoms with Crippen molar-refractivity contribution in [3.63, 3.8) is 0 Å². The summed E-state index contributed by atoms with van der Waals surface area (Å²) in [5.74, 6) is 1.67. The van der Waals surface area contributed by atoms with Gasteiger partial charge in [0.05, 0.1) is 18.5 Å². The second-order valence-electron chi connectivity index (χ2n) is 8.39. The zero-order valence-electron chi connectivity index (χ0n) is 17.2. The summed E-state index contributed by atoms with van der Waals surface area (Å²) in [5, 5.41) is 0. The van der Waals surface area contributed by atoms with E-state index in [2.05, 4.69) is 14.9 Å². The summed E-state index contributed by atoms with van der Waals surface area (Å²) in [4.78, 5) is 11.4. The molecule has 28 heavy (non-hydrogen) atoms. The van der Waals surface area contributed by atoms with E-state index in [-0.39, 0.29) is 11.4 Å². The molecule has 0 saturated carbocycles. The Labute approximate surface area is 166 Å². The van der Waals surface area contributed by atoms with E-state index in [1.165, 1.54) is 6.07 Å². The van der Waals surface area contributed by atoms with Gasteiger partial charge in [-0.2, -0.15) is 0 Å². The zero-order valence-corrected chi connectivity index (χ0v) is 17.2. The van der Waals surface area contributed by atoms with Gasteiger partial charge in [-0.05, 0) is 52.5 Å². The van der Waals surface area contributed by atoms with Crippen molar-refractivity contribution in [1.82, 2.24) is 9.97 Å². The third kappa shape index (κ3) is 5.64. The molecule has 1 aromatic carbocycles. The summed E-state index contributed by atoms with van der Waals surface area (Å²) in [6.07, 6.45) is 3.75. The van der Waals surface area contributed by atoms with Crippen LogP contribution in [0.2, 0.25) is 0 Å². The van der Waals surface area contributed by atoms with Gasteiger partial charge in [0.1, 0.15) is 11.4 Å². The molecule has 0 bridgehead atoms. The van der Waals surface area contributed by atoms with E-state index in [9.17, 15) is 4.39 Å². The van der Waals surface area contributed by atoms with Crippen LogP contribution in [0.25, 0.3) is 0 Å². The summed E-state index contributed by atoms with van der Waals surface area (Å²) in [7, 11) is 0. The van der Waals surface area contributed by atoms with Crippen LogP contribution in [0.1, 0.15) is 44.9 Å². The Hall–Kier alpha value is -2.21. The molecule has 152 valence electrons. The fraction of sp³-hybridized carbons (Fsp3) is 0.545. The van der Waals surface area contributed by atoms with Crippen LogP contribution in [-0.2, 0) is 11.3 Å². The van der Waals surface area contributed by atoms with E-state index < -0.39 is 0 Å². The van der Waals surface area contributed by atoms with Crippen LogP contribution in [0, 0.1) is 18.7 Å². The summed E-state index contributed by atoms with van der Waals surface area (Å²) in [5.41, 5.74) is 1.17. The molecule has 2 heterocycles. The van der Waals surface area contributed by atoms with Crippen LogP contribution in [0.4, 0.5) is 10.2 Å². The molecule has 1 saturated heterocycles. The Bertz CT molecular complexity index is 784. The van der Waals surface area contributed by atoms with E-state index in [0.717, 1.165) is 37.4 Å². The van der Waals surface area contributed by atoms with E-state index in [0.29, 0.717) is 30.6 Å². The second kappa shape index (κ2) is 8.86. The van der Waals surface area contributed by atoms with Gasteiger partial charge in [-0.1, -0.05) is 18.2 Å². The van der Waals surface area contributed by atoms with Gasteiger partial charge in [-0.3, -0.25) is 0 Å². The molecule has 0 aliphatic carbocycles. The van der Waals surface area contributed by atoms with Crippen molar-refractivity contribution < 1.29 is 13.9 Å². The lowest BCUT2D eigenvalue weighted by molar-refractivity contribution is 0.0766. The number of aromatic nitrogens is 2. The average molecular weight is 387 g/mol. The molecule has 1 aromatic heterocycles. The molecule has 0 N–H and O–H groups in total. The summed E-state index contributed by atoms with van der Waals surface area (Å²) in [6, 6.07) is 6.77. The summed E-state index contributed by atoms with van der Waals surface area (Å²) >= 11 is 0. The van der Waals surface area contributed by atoms with E-state index in [1.54, 1.807) is 18.3 Å².